The van der Waals surface area contributed by atoms with E-state index in [1.165, 1.54) is 36.1 Å². The Hall–Kier alpha value is -2.66. The van der Waals surface area contributed by atoms with E-state index in [9.17, 15) is 22.4 Å². The first kappa shape index (κ1) is 22.5. The van der Waals surface area contributed by atoms with Gasteiger partial charge in [0.25, 0.3) is 5.91 Å². The molecule has 1 fully saturated rings. The predicted octanol–water partition coefficient (Wildman–Crippen LogP) is 5.06. The molecule has 1 atom stereocenters. The van der Waals surface area contributed by atoms with Gasteiger partial charge in [0.2, 0.25) is 5.95 Å². The molecule has 0 radical (unpaired) electrons. The molecule has 32 heavy (non-hydrogen) atoms. The quantitative estimate of drug-likeness (QED) is 0.489. The van der Waals surface area contributed by atoms with Gasteiger partial charge in [0.15, 0.2) is 5.69 Å². The molecule has 1 amide bonds. The smallest absolute Gasteiger partial charge is 0.291 e. The number of halogens is 6. The zero-order chi connectivity index (χ0) is 23.2. The van der Waals surface area contributed by atoms with Gasteiger partial charge in [-0.05, 0) is 37.5 Å². The first-order chi connectivity index (χ1) is 15.0. The number of hydrogen-bond acceptors (Lipinski definition) is 4. The molecule has 13 heteroatoms. The molecule has 1 unspecified atom stereocenters. The summed E-state index contributed by atoms with van der Waals surface area (Å²) in [5.74, 6) is -1.35. The maximum atomic E-state index is 13.3. The van der Waals surface area contributed by atoms with Gasteiger partial charge in [0, 0.05) is 10.9 Å². The van der Waals surface area contributed by atoms with Crippen LogP contribution in [0.3, 0.4) is 0 Å². The first-order valence-electron chi connectivity index (χ1n) is 9.54. The van der Waals surface area contributed by atoms with Crippen LogP contribution in [0.2, 0.25) is 10.0 Å². The van der Waals surface area contributed by atoms with E-state index >= 15 is 0 Å². The molecule has 170 valence electrons. The van der Waals surface area contributed by atoms with Crippen LogP contribution < -0.4 is 5.32 Å². The summed E-state index contributed by atoms with van der Waals surface area (Å²) in [4.78, 5) is 16.7. The minimum atomic E-state index is -4.73. The fourth-order valence-electron chi connectivity index (χ4n) is 3.21. The summed E-state index contributed by atoms with van der Waals surface area (Å²) in [6.45, 7) is 1.59. The van der Waals surface area contributed by atoms with Gasteiger partial charge in [-0.2, -0.15) is 18.3 Å². The van der Waals surface area contributed by atoms with Gasteiger partial charge in [-0.15, -0.1) is 5.10 Å². The SMILES string of the molecule is CC(C(=O)Nc1ncn(Cc2ccc(F)cc2Cl)n1)n1nc(C(F)(F)F)c(Cl)c1C1CC1. The van der Waals surface area contributed by atoms with Crippen LogP contribution in [0.15, 0.2) is 24.5 Å². The van der Waals surface area contributed by atoms with Gasteiger partial charge in [0.05, 0.1) is 17.3 Å². The van der Waals surface area contributed by atoms with Crippen molar-refractivity contribution in [3.63, 3.8) is 0 Å². The van der Waals surface area contributed by atoms with E-state index < -0.39 is 34.7 Å². The molecule has 1 saturated carbocycles. The number of hydrogen-bond donors (Lipinski definition) is 1. The number of benzene rings is 1. The molecular formula is C19H16Cl2F4N6O. The molecule has 0 bridgehead atoms. The number of rotatable bonds is 6. The van der Waals surface area contributed by atoms with Crippen molar-refractivity contribution in [2.24, 2.45) is 0 Å². The van der Waals surface area contributed by atoms with E-state index in [-0.39, 0.29) is 29.1 Å². The summed E-state index contributed by atoms with van der Waals surface area (Å²) in [5.41, 5.74) is -0.422. The summed E-state index contributed by atoms with van der Waals surface area (Å²) in [5, 5.41) is 9.89. The van der Waals surface area contributed by atoms with Crippen molar-refractivity contribution < 1.29 is 22.4 Å². The lowest BCUT2D eigenvalue weighted by atomic mass is 10.2. The topological polar surface area (TPSA) is 77.6 Å². The minimum absolute atomic E-state index is 0.0534. The Morgan fingerprint density at radius 3 is 2.62 bits per heavy atom. The average molecular weight is 491 g/mol. The second kappa shape index (κ2) is 8.36. The third kappa shape index (κ3) is 4.58. The highest BCUT2D eigenvalue weighted by Crippen LogP contribution is 2.47. The van der Waals surface area contributed by atoms with Gasteiger partial charge in [0.1, 0.15) is 18.2 Å². The standard InChI is InChI=1S/C19H16Cl2F4N6O/c1-9(31-15(10-2-3-10)14(21)16(28-31)19(23,24)25)17(32)27-18-26-8-30(29-18)7-11-4-5-12(22)6-13(11)20/h4-6,8-10H,2-3,7H2,1H3,(H,27,29,32). The summed E-state index contributed by atoms with van der Waals surface area (Å²) in [6.07, 6.45) is -2.05. The van der Waals surface area contributed by atoms with Crippen molar-refractivity contribution in [1.82, 2.24) is 24.5 Å². The number of alkyl halides is 3. The van der Waals surface area contributed by atoms with Crippen LogP contribution in [-0.2, 0) is 17.5 Å². The third-order valence-corrected chi connectivity index (χ3v) is 5.71. The zero-order valence-electron chi connectivity index (χ0n) is 16.5. The fraction of sp³-hybridized carbons (Fsp3) is 0.368. The molecule has 1 aromatic carbocycles. The second-order valence-corrected chi connectivity index (χ2v) is 8.22. The summed E-state index contributed by atoms with van der Waals surface area (Å²) < 4.78 is 55.3. The predicted molar refractivity (Wildman–Crippen MR) is 108 cm³/mol. The van der Waals surface area contributed by atoms with Gasteiger partial charge >= 0.3 is 6.18 Å². The number of anilines is 1. The Morgan fingerprint density at radius 2 is 2.00 bits per heavy atom. The lowest BCUT2D eigenvalue weighted by molar-refractivity contribution is -0.141. The van der Waals surface area contributed by atoms with Crippen LogP contribution in [0.5, 0.6) is 0 Å². The number of amides is 1. The maximum Gasteiger partial charge on any atom is 0.436 e. The molecule has 1 N–H and O–H groups in total. The van der Waals surface area contributed by atoms with Crippen LogP contribution in [0.25, 0.3) is 0 Å². The van der Waals surface area contributed by atoms with Gasteiger partial charge in [-0.25, -0.2) is 14.1 Å². The molecular weight excluding hydrogens is 475 g/mol. The van der Waals surface area contributed by atoms with Crippen molar-refractivity contribution in [2.45, 2.75) is 44.4 Å². The Labute approximate surface area is 189 Å². The third-order valence-electron chi connectivity index (χ3n) is 4.99. The highest BCUT2D eigenvalue weighted by molar-refractivity contribution is 6.32. The average Bonchev–Trinajstić information content (AvgIpc) is 3.34. The lowest BCUT2D eigenvalue weighted by Gasteiger charge is -2.14. The largest absolute Gasteiger partial charge is 0.436 e. The lowest BCUT2D eigenvalue weighted by Crippen LogP contribution is -2.26. The Balaban J connectivity index is 1.50. The molecule has 0 aliphatic heterocycles. The first-order valence-corrected chi connectivity index (χ1v) is 10.3. The number of aromatic nitrogens is 5. The Morgan fingerprint density at radius 1 is 1.28 bits per heavy atom. The van der Waals surface area contributed by atoms with E-state index in [2.05, 4.69) is 20.5 Å². The van der Waals surface area contributed by atoms with E-state index in [0.717, 1.165) is 4.68 Å². The fourth-order valence-corrected chi connectivity index (χ4v) is 3.82. The Kier molecular flexibility index (Phi) is 5.89. The second-order valence-electron chi connectivity index (χ2n) is 7.43. The summed E-state index contributed by atoms with van der Waals surface area (Å²) in [7, 11) is 0. The molecule has 7 nitrogen and oxygen atoms in total. The molecule has 4 rings (SSSR count). The highest BCUT2D eigenvalue weighted by Gasteiger charge is 2.43. The molecule has 0 saturated heterocycles. The van der Waals surface area contributed by atoms with Crippen LogP contribution in [0.1, 0.15) is 48.7 Å². The summed E-state index contributed by atoms with van der Waals surface area (Å²) in [6, 6.07) is 2.83. The number of nitrogens with one attached hydrogen (secondary N) is 1. The molecule has 2 aromatic heterocycles. The molecule has 1 aliphatic carbocycles. The van der Waals surface area contributed by atoms with E-state index in [1.54, 1.807) is 0 Å². The molecule has 3 aromatic rings. The molecule has 0 spiro atoms. The highest BCUT2D eigenvalue weighted by atomic mass is 35.5. The zero-order valence-corrected chi connectivity index (χ0v) is 18.0. The Bertz CT molecular complexity index is 1170. The molecule has 2 heterocycles. The van der Waals surface area contributed by atoms with Crippen LogP contribution in [0, 0.1) is 5.82 Å². The van der Waals surface area contributed by atoms with E-state index in [0.29, 0.717) is 18.4 Å². The number of nitrogens with zero attached hydrogens (tertiary/aromatic N) is 5. The van der Waals surface area contributed by atoms with Crippen molar-refractivity contribution in [3.05, 3.63) is 57.3 Å². The van der Waals surface area contributed by atoms with Crippen LogP contribution >= 0.6 is 23.2 Å². The maximum absolute atomic E-state index is 13.3. The van der Waals surface area contributed by atoms with Crippen LogP contribution in [0.4, 0.5) is 23.5 Å². The van der Waals surface area contributed by atoms with Crippen molar-refractivity contribution in [2.75, 3.05) is 5.32 Å². The van der Waals surface area contributed by atoms with Gasteiger partial charge < -0.3 is 0 Å². The van der Waals surface area contributed by atoms with Gasteiger partial charge in [-0.1, -0.05) is 29.3 Å². The van der Waals surface area contributed by atoms with E-state index in [1.807, 2.05) is 0 Å². The summed E-state index contributed by atoms with van der Waals surface area (Å²) >= 11 is 12.0. The van der Waals surface area contributed by atoms with E-state index in [4.69, 9.17) is 23.2 Å². The number of carbonyl (C=O) groups excluding carboxylic acids is 1. The van der Waals surface area contributed by atoms with Crippen LogP contribution in [-0.4, -0.2) is 30.5 Å². The van der Waals surface area contributed by atoms with Crippen molar-refractivity contribution >= 4 is 35.1 Å². The number of carbonyl (C=O) groups is 1. The minimum Gasteiger partial charge on any atom is -0.291 e. The van der Waals surface area contributed by atoms with Crippen molar-refractivity contribution in [3.8, 4) is 0 Å². The molecule has 1 aliphatic rings. The van der Waals surface area contributed by atoms with Gasteiger partial charge in [-0.3, -0.25) is 14.8 Å². The normalized spacial score (nSPS) is 15.1. The van der Waals surface area contributed by atoms with Crippen molar-refractivity contribution in [1.29, 1.82) is 0 Å². The monoisotopic (exact) mass is 490 g/mol.